The fraction of sp³-hybridized carbons (Fsp3) is 0.353. The van der Waals surface area contributed by atoms with Crippen molar-refractivity contribution >= 4 is 5.78 Å². The lowest BCUT2D eigenvalue weighted by molar-refractivity contribution is 0.0758. The standard InChI is InChI=1S/C17H20O/c1-4-10-17(12-13(2)3)11-9-14-7-5-6-8-15(14)16(17)18/h4-8H,1-2,9-12H2,3H3/t17-/m0/s1. The lowest BCUT2D eigenvalue weighted by Crippen LogP contribution is -2.36. The van der Waals surface area contributed by atoms with Gasteiger partial charge in [-0.15, -0.1) is 13.2 Å². The van der Waals surface area contributed by atoms with Crippen molar-refractivity contribution in [3.63, 3.8) is 0 Å². The molecular weight excluding hydrogens is 220 g/mol. The molecule has 2 rings (SSSR count). The zero-order chi connectivity index (χ0) is 13.2. The molecule has 0 aliphatic heterocycles. The second kappa shape index (κ2) is 4.93. The lowest BCUT2D eigenvalue weighted by Gasteiger charge is -2.36. The molecule has 1 aromatic rings. The summed E-state index contributed by atoms with van der Waals surface area (Å²) in [6.45, 7) is 9.79. The van der Waals surface area contributed by atoms with Gasteiger partial charge < -0.3 is 0 Å². The van der Waals surface area contributed by atoms with Crippen LogP contribution in [0.2, 0.25) is 0 Å². The van der Waals surface area contributed by atoms with Gasteiger partial charge in [-0.2, -0.15) is 0 Å². The van der Waals surface area contributed by atoms with Crippen molar-refractivity contribution < 1.29 is 4.79 Å². The van der Waals surface area contributed by atoms with Gasteiger partial charge in [0.05, 0.1) is 0 Å². The highest BCUT2D eigenvalue weighted by molar-refractivity contribution is 6.03. The van der Waals surface area contributed by atoms with Gasteiger partial charge in [0.1, 0.15) is 0 Å². The fourth-order valence-corrected chi connectivity index (χ4v) is 3.02. The van der Waals surface area contributed by atoms with E-state index in [9.17, 15) is 4.79 Å². The molecule has 0 radical (unpaired) electrons. The Labute approximate surface area is 109 Å². The zero-order valence-corrected chi connectivity index (χ0v) is 11.0. The predicted molar refractivity (Wildman–Crippen MR) is 75.8 cm³/mol. The number of ketones is 1. The molecule has 0 bridgehead atoms. The highest BCUT2D eigenvalue weighted by Gasteiger charge is 2.40. The number of hydrogen-bond donors (Lipinski definition) is 0. The van der Waals surface area contributed by atoms with Gasteiger partial charge in [-0.3, -0.25) is 4.79 Å². The van der Waals surface area contributed by atoms with Gasteiger partial charge in [-0.1, -0.05) is 35.9 Å². The Hall–Kier alpha value is -1.63. The summed E-state index contributed by atoms with van der Waals surface area (Å²) >= 11 is 0. The summed E-state index contributed by atoms with van der Waals surface area (Å²) in [7, 11) is 0. The Morgan fingerprint density at radius 2 is 2.17 bits per heavy atom. The summed E-state index contributed by atoms with van der Waals surface area (Å²) < 4.78 is 0. The molecule has 0 heterocycles. The molecule has 0 N–H and O–H groups in total. The minimum absolute atomic E-state index is 0.271. The molecule has 0 saturated carbocycles. The summed E-state index contributed by atoms with van der Waals surface area (Å²) in [5.41, 5.74) is 2.85. The molecule has 0 unspecified atom stereocenters. The smallest absolute Gasteiger partial charge is 0.169 e. The molecule has 1 atom stereocenters. The Balaban J connectivity index is 2.42. The van der Waals surface area contributed by atoms with E-state index in [0.717, 1.165) is 36.8 Å². The third-order valence-corrected chi connectivity index (χ3v) is 3.79. The van der Waals surface area contributed by atoms with E-state index in [-0.39, 0.29) is 11.2 Å². The average molecular weight is 240 g/mol. The normalized spacial score (nSPS) is 22.4. The van der Waals surface area contributed by atoms with E-state index in [1.54, 1.807) is 0 Å². The molecule has 18 heavy (non-hydrogen) atoms. The monoisotopic (exact) mass is 240 g/mol. The van der Waals surface area contributed by atoms with Gasteiger partial charge >= 0.3 is 0 Å². The fourth-order valence-electron chi connectivity index (χ4n) is 3.02. The van der Waals surface area contributed by atoms with Crippen molar-refractivity contribution in [2.45, 2.75) is 32.6 Å². The molecule has 94 valence electrons. The number of aryl methyl sites for hydroxylation is 1. The topological polar surface area (TPSA) is 17.1 Å². The quantitative estimate of drug-likeness (QED) is 0.715. The molecule has 1 aliphatic rings. The maximum absolute atomic E-state index is 12.8. The molecule has 0 saturated heterocycles. The van der Waals surface area contributed by atoms with Crippen LogP contribution in [-0.4, -0.2) is 5.78 Å². The first kappa shape index (κ1) is 12.8. The SMILES string of the molecule is C=CC[C@@]1(CC(=C)C)CCc2ccccc2C1=O. The Bertz CT molecular complexity index is 498. The summed E-state index contributed by atoms with van der Waals surface area (Å²) in [6.07, 6.45) is 5.26. The second-order valence-electron chi connectivity index (χ2n) is 5.39. The largest absolute Gasteiger partial charge is 0.294 e. The van der Waals surface area contributed by atoms with Crippen LogP contribution in [0.1, 0.15) is 42.1 Å². The van der Waals surface area contributed by atoms with E-state index in [2.05, 4.69) is 19.2 Å². The minimum Gasteiger partial charge on any atom is -0.294 e. The number of allylic oxidation sites excluding steroid dienone is 2. The Kier molecular flexibility index (Phi) is 3.51. The van der Waals surface area contributed by atoms with Crippen molar-refractivity contribution in [2.24, 2.45) is 5.41 Å². The molecule has 0 aromatic heterocycles. The first-order valence-electron chi connectivity index (χ1n) is 6.47. The summed E-state index contributed by atoms with van der Waals surface area (Å²) in [4.78, 5) is 12.8. The highest BCUT2D eigenvalue weighted by atomic mass is 16.1. The van der Waals surface area contributed by atoms with Gasteiger partial charge in [-0.05, 0) is 38.2 Å². The average Bonchev–Trinajstić information content (AvgIpc) is 2.34. The number of carbonyl (C=O) groups excluding carboxylic acids is 1. The molecule has 1 aromatic carbocycles. The Morgan fingerprint density at radius 1 is 1.44 bits per heavy atom. The molecule has 1 heteroatoms. The van der Waals surface area contributed by atoms with E-state index in [1.165, 1.54) is 5.56 Å². The van der Waals surface area contributed by atoms with Gasteiger partial charge in [0.25, 0.3) is 0 Å². The third-order valence-electron chi connectivity index (χ3n) is 3.79. The van der Waals surface area contributed by atoms with Gasteiger partial charge in [0.15, 0.2) is 5.78 Å². The van der Waals surface area contributed by atoms with Gasteiger partial charge in [0, 0.05) is 11.0 Å². The third kappa shape index (κ3) is 2.17. The lowest BCUT2D eigenvalue weighted by atomic mass is 9.66. The molecule has 0 spiro atoms. The predicted octanol–water partition coefficient (Wildman–Crippen LogP) is 4.34. The molecule has 1 aliphatic carbocycles. The van der Waals surface area contributed by atoms with E-state index < -0.39 is 0 Å². The number of rotatable bonds is 4. The maximum atomic E-state index is 12.8. The van der Waals surface area contributed by atoms with Crippen LogP contribution in [0.5, 0.6) is 0 Å². The number of benzene rings is 1. The molecular formula is C17H20O. The molecule has 0 amide bonds. The van der Waals surface area contributed by atoms with Crippen molar-refractivity contribution in [1.29, 1.82) is 0 Å². The number of fused-ring (bicyclic) bond motifs is 1. The van der Waals surface area contributed by atoms with Crippen LogP contribution < -0.4 is 0 Å². The molecule has 0 fully saturated rings. The number of hydrogen-bond acceptors (Lipinski definition) is 1. The van der Waals surface area contributed by atoms with Crippen LogP contribution in [0.4, 0.5) is 0 Å². The summed E-state index contributed by atoms with van der Waals surface area (Å²) in [5, 5.41) is 0. The van der Waals surface area contributed by atoms with Crippen LogP contribution in [-0.2, 0) is 6.42 Å². The first-order chi connectivity index (χ1) is 8.59. The van der Waals surface area contributed by atoms with Crippen molar-refractivity contribution in [1.82, 2.24) is 0 Å². The van der Waals surface area contributed by atoms with Crippen LogP contribution in [0.3, 0.4) is 0 Å². The van der Waals surface area contributed by atoms with Crippen LogP contribution >= 0.6 is 0 Å². The van der Waals surface area contributed by atoms with E-state index >= 15 is 0 Å². The van der Waals surface area contributed by atoms with Crippen molar-refractivity contribution in [2.75, 3.05) is 0 Å². The van der Waals surface area contributed by atoms with E-state index in [1.807, 2.05) is 31.2 Å². The highest BCUT2D eigenvalue weighted by Crippen LogP contribution is 2.42. The molecule has 1 nitrogen and oxygen atoms in total. The zero-order valence-electron chi connectivity index (χ0n) is 11.0. The minimum atomic E-state index is -0.304. The first-order valence-corrected chi connectivity index (χ1v) is 6.47. The Morgan fingerprint density at radius 3 is 2.83 bits per heavy atom. The van der Waals surface area contributed by atoms with E-state index in [4.69, 9.17) is 0 Å². The van der Waals surface area contributed by atoms with Crippen molar-refractivity contribution in [3.05, 3.63) is 60.2 Å². The summed E-state index contributed by atoms with van der Waals surface area (Å²) in [5.74, 6) is 0.271. The van der Waals surface area contributed by atoms with E-state index in [0.29, 0.717) is 0 Å². The van der Waals surface area contributed by atoms with Crippen LogP contribution in [0.15, 0.2) is 49.1 Å². The summed E-state index contributed by atoms with van der Waals surface area (Å²) in [6, 6.07) is 7.96. The van der Waals surface area contributed by atoms with Crippen molar-refractivity contribution in [3.8, 4) is 0 Å². The van der Waals surface area contributed by atoms with Gasteiger partial charge in [-0.25, -0.2) is 0 Å². The van der Waals surface area contributed by atoms with Crippen LogP contribution in [0.25, 0.3) is 0 Å². The number of Topliss-reactive ketones (excluding diaryl/α,β-unsaturated/α-hetero) is 1. The number of carbonyl (C=O) groups is 1. The van der Waals surface area contributed by atoms with Gasteiger partial charge in [0.2, 0.25) is 0 Å². The van der Waals surface area contributed by atoms with Crippen LogP contribution in [0, 0.1) is 5.41 Å². The maximum Gasteiger partial charge on any atom is 0.169 e. The second-order valence-corrected chi connectivity index (χ2v) is 5.39.